The van der Waals surface area contributed by atoms with Crippen molar-refractivity contribution in [3.05, 3.63) is 60.2 Å². The summed E-state index contributed by atoms with van der Waals surface area (Å²) in [4.78, 5) is 2.58. The molecular weight excluding hydrogens is 248 g/mol. The van der Waals surface area contributed by atoms with E-state index in [0.717, 1.165) is 0 Å². The van der Waals surface area contributed by atoms with Gasteiger partial charge in [-0.1, -0.05) is 81.8 Å². The lowest BCUT2D eigenvalue weighted by molar-refractivity contribution is 1.09. The molecular formula is C18H26S. The van der Waals surface area contributed by atoms with Crippen molar-refractivity contribution in [1.29, 1.82) is 0 Å². The highest BCUT2D eigenvalue weighted by atomic mass is 32.2. The molecule has 0 N–H and O–H groups in total. The molecule has 0 atom stereocenters. The predicted molar refractivity (Wildman–Crippen MR) is 89.1 cm³/mol. The van der Waals surface area contributed by atoms with Crippen LogP contribution >= 0.6 is 11.8 Å². The minimum absolute atomic E-state index is 1.25. The maximum absolute atomic E-state index is 2.16. The average Bonchev–Trinajstić information content (AvgIpc) is 2.46. The molecule has 2 aromatic rings. The van der Waals surface area contributed by atoms with Crippen molar-refractivity contribution in [1.82, 2.24) is 0 Å². The molecule has 0 spiro atoms. The van der Waals surface area contributed by atoms with E-state index in [1.54, 1.807) is 11.8 Å². The van der Waals surface area contributed by atoms with Crippen molar-refractivity contribution >= 4 is 11.8 Å². The van der Waals surface area contributed by atoms with Gasteiger partial charge in [-0.3, -0.25) is 0 Å². The van der Waals surface area contributed by atoms with E-state index < -0.39 is 0 Å². The van der Waals surface area contributed by atoms with Crippen LogP contribution in [0.2, 0.25) is 0 Å². The van der Waals surface area contributed by atoms with Gasteiger partial charge in [0, 0.05) is 9.79 Å². The Hall–Kier alpha value is -1.21. The van der Waals surface area contributed by atoms with Gasteiger partial charge < -0.3 is 0 Å². The van der Waals surface area contributed by atoms with Crippen molar-refractivity contribution in [2.75, 3.05) is 0 Å². The minimum Gasteiger partial charge on any atom is -0.0901 e. The van der Waals surface area contributed by atoms with E-state index in [9.17, 15) is 0 Å². The summed E-state index contributed by atoms with van der Waals surface area (Å²) in [5, 5.41) is 0. The van der Waals surface area contributed by atoms with E-state index in [2.05, 4.69) is 69.3 Å². The van der Waals surface area contributed by atoms with Crippen molar-refractivity contribution in [2.45, 2.75) is 50.8 Å². The molecule has 0 fully saturated rings. The molecule has 0 nitrogen and oxygen atoms in total. The first kappa shape index (κ1) is 17.8. The Morgan fingerprint density at radius 3 is 1.63 bits per heavy atom. The third-order valence-corrected chi connectivity index (χ3v) is 3.02. The Kier molecular flexibility index (Phi) is 11.1. The number of rotatable bonds is 2. The van der Waals surface area contributed by atoms with E-state index in [0.29, 0.717) is 0 Å². The fraction of sp³-hybridized carbons (Fsp3) is 0.333. The molecule has 0 aromatic heterocycles. The maximum Gasteiger partial charge on any atom is 0.0122 e. The number of hydrogen-bond donors (Lipinski definition) is 0. The van der Waals surface area contributed by atoms with Crippen molar-refractivity contribution in [3.63, 3.8) is 0 Å². The predicted octanol–water partition coefficient (Wildman–Crippen LogP) is 6.59. The molecule has 0 radical (unpaired) electrons. The lowest BCUT2D eigenvalue weighted by Gasteiger charge is -2.01. The molecule has 2 aromatic carbocycles. The molecule has 0 saturated heterocycles. The third-order valence-electron chi connectivity index (χ3n) is 2.00. The Labute approximate surface area is 123 Å². The van der Waals surface area contributed by atoms with Crippen LogP contribution in [0.4, 0.5) is 0 Å². The molecule has 104 valence electrons. The minimum atomic E-state index is 1.25. The Bertz CT molecular complexity index is 403. The highest BCUT2D eigenvalue weighted by molar-refractivity contribution is 7.99. The van der Waals surface area contributed by atoms with Crippen molar-refractivity contribution < 1.29 is 0 Å². The summed E-state index contributed by atoms with van der Waals surface area (Å²) in [6, 6.07) is 19.0. The van der Waals surface area contributed by atoms with Crippen LogP contribution in [-0.4, -0.2) is 0 Å². The summed E-state index contributed by atoms with van der Waals surface area (Å²) in [5.74, 6) is 0. The second-order valence-corrected chi connectivity index (χ2v) is 5.08. The molecule has 0 heterocycles. The zero-order valence-electron chi connectivity index (χ0n) is 12.8. The zero-order chi connectivity index (χ0) is 14.5. The Balaban J connectivity index is 0.000000573. The molecule has 0 bridgehead atoms. The normalized spacial score (nSPS) is 8.68. The van der Waals surface area contributed by atoms with Crippen LogP contribution in [-0.2, 0) is 0 Å². The van der Waals surface area contributed by atoms with E-state index in [1.165, 1.54) is 21.8 Å². The standard InChI is InChI=1S/C13H12S.C3H8.C2H6/c1-11-7-9-13(10-8-11)14-12-5-3-2-4-6-12;1-3-2;1-2/h2-10H,1H3;3H2,1-2H3;1-2H3. The summed E-state index contributed by atoms with van der Waals surface area (Å²) in [6.07, 6.45) is 1.25. The van der Waals surface area contributed by atoms with E-state index in [4.69, 9.17) is 0 Å². The summed E-state index contributed by atoms with van der Waals surface area (Å²) in [5.41, 5.74) is 1.31. The summed E-state index contributed by atoms with van der Waals surface area (Å²) in [7, 11) is 0. The van der Waals surface area contributed by atoms with Crippen LogP contribution in [0, 0.1) is 6.92 Å². The molecule has 0 aliphatic rings. The van der Waals surface area contributed by atoms with Gasteiger partial charge in [-0.05, 0) is 31.2 Å². The zero-order valence-corrected chi connectivity index (χ0v) is 13.6. The van der Waals surface area contributed by atoms with Gasteiger partial charge in [-0.15, -0.1) is 0 Å². The second-order valence-electron chi connectivity index (χ2n) is 3.94. The molecule has 0 amide bonds. The molecule has 0 aliphatic carbocycles. The smallest absolute Gasteiger partial charge is 0.0122 e. The SMILES string of the molecule is CC.CCC.Cc1ccc(Sc2ccccc2)cc1. The van der Waals surface area contributed by atoms with Gasteiger partial charge in [0.2, 0.25) is 0 Å². The first-order valence-electron chi connectivity index (χ1n) is 7.05. The molecule has 1 heteroatoms. The lowest BCUT2D eigenvalue weighted by atomic mass is 10.2. The van der Waals surface area contributed by atoms with E-state index in [1.807, 2.05) is 19.9 Å². The van der Waals surface area contributed by atoms with Crippen LogP contribution in [0.25, 0.3) is 0 Å². The van der Waals surface area contributed by atoms with Gasteiger partial charge >= 0.3 is 0 Å². The topological polar surface area (TPSA) is 0 Å². The third kappa shape index (κ3) is 8.50. The van der Waals surface area contributed by atoms with Gasteiger partial charge in [0.1, 0.15) is 0 Å². The van der Waals surface area contributed by atoms with Gasteiger partial charge in [0.15, 0.2) is 0 Å². The lowest BCUT2D eigenvalue weighted by Crippen LogP contribution is -1.74. The maximum atomic E-state index is 2.16. The van der Waals surface area contributed by atoms with Gasteiger partial charge in [-0.2, -0.15) is 0 Å². The van der Waals surface area contributed by atoms with Crippen LogP contribution in [0.5, 0.6) is 0 Å². The van der Waals surface area contributed by atoms with Crippen LogP contribution in [0.3, 0.4) is 0 Å². The summed E-state index contributed by atoms with van der Waals surface area (Å²) < 4.78 is 0. The van der Waals surface area contributed by atoms with Crippen LogP contribution in [0.15, 0.2) is 64.4 Å². The average molecular weight is 274 g/mol. The number of hydrogen-bond acceptors (Lipinski definition) is 1. The molecule has 0 unspecified atom stereocenters. The number of benzene rings is 2. The molecule has 2 rings (SSSR count). The Morgan fingerprint density at radius 2 is 1.16 bits per heavy atom. The van der Waals surface area contributed by atoms with Crippen LogP contribution in [0.1, 0.15) is 39.7 Å². The Morgan fingerprint density at radius 1 is 0.737 bits per heavy atom. The van der Waals surface area contributed by atoms with Gasteiger partial charge in [0.25, 0.3) is 0 Å². The number of aryl methyl sites for hydroxylation is 1. The van der Waals surface area contributed by atoms with Gasteiger partial charge in [-0.25, -0.2) is 0 Å². The molecule has 0 saturated carbocycles. The van der Waals surface area contributed by atoms with Crippen molar-refractivity contribution in [3.8, 4) is 0 Å². The first-order chi connectivity index (χ1) is 9.26. The fourth-order valence-corrected chi connectivity index (χ4v) is 2.07. The fourth-order valence-electron chi connectivity index (χ4n) is 1.23. The molecule has 0 aliphatic heterocycles. The monoisotopic (exact) mass is 274 g/mol. The summed E-state index contributed by atoms with van der Waals surface area (Å²) >= 11 is 1.80. The van der Waals surface area contributed by atoms with E-state index in [-0.39, 0.29) is 0 Å². The second kappa shape index (κ2) is 11.9. The molecule has 19 heavy (non-hydrogen) atoms. The quantitative estimate of drug-likeness (QED) is 0.595. The van der Waals surface area contributed by atoms with Crippen molar-refractivity contribution in [2.24, 2.45) is 0 Å². The highest BCUT2D eigenvalue weighted by Crippen LogP contribution is 2.26. The van der Waals surface area contributed by atoms with E-state index >= 15 is 0 Å². The first-order valence-corrected chi connectivity index (χ1v) is 7.87. The van der Waals surface area contributed by atoms with Gasteiger partial charge in [0.05, 0.1) is 0 Å². The largest absolute Gasteiger partial charge is 0.0901 e. The highest BCUT2D eigenvalue weighted by Gasteiger charge is 1.94. The van der Waals surface area contributed by atoms with Crippen LogP contribution < -0.4 is 0 Å². The summed E-state index contributed by atoms with van der Waals surface area (Å²) in [6.45, 7) is 10.4.